The van der Waals surface area contributed by atoms with Crippen molar-refractivity contribution >= 4 is 0 Å². The van der Waals surface area contributed by atoms with Crippen LogP contribution in [0.3, 0.4) is 0 Å². The summed E-state index contributed by atoms with van der Waals surface area (Å²) in [4.78, 5) is 2.51. The normalized spacial score (nSPS) is 27.6. The van der Waals surface area contributed by atoms with Gasteiger partial charge < -0.3 is 9.84 Å². The lowest BCUT2D eigenvalue weighted by atomic mass is 9.91. The van der Waals surface area contributed by atoms with Crippen molar-refractivity contribution < 1.29 is 9.84 Å². The Morgan fingerprint density at radius 2 is 1.87 bits per heavy atom. The van der Waals surface area contributed by atoms with Crippen LogP contribution in [0.25, 0.3) is 0 Å². The minimum atomic E-state index is -0.0577. The van der Waals surface area contributed by atoms with Crippen LogP contribution in [0.1, 0.15) is 39.5 Å². The maximum absolute atomic E-state index is 9.48. The molecular formula is C12H25NO2. The van der Waals surface area contributed by atoms with Crippen LogP contribution >= 0.6 is 0 Å². The van der Waals surface area contributed by atoms with E-state index in [9.17, 15) is 5.11 Å². The van der Waals surface area contributed by atoms with E-state index >= 15 is 0 Å². The van der Waals surface area contributed by atoms with Crippen LogP contribution in [0.5, 0.6) is 0 Å². The molecule has 0 bridgehead atoms. The molecule has 1 aliphatic rings. The lowest BCUT2D eigenvalue weighted by molar-refractivity contribution is 0.0431. The summed E-state index contributed by atoms with van der Waals surface area (Å²) in [5.74, 6) is 0. The molecule has 3 heteroatoms. The third-order valence-corrected chi connectivity index (χ3v) is 3.35. The molecule has 0 aliphatic heterocycles. The van der Waals surface area contributed by atoms with Gasteiger partial charge in [-0.2, -0.15) is 0 Å². The van der Waals surface area contributed by atoms with Gasteiger partial charge in [-0.15, -0.1) is 0 Å². The topological polar surface area (TPSA) is 32.7 Å². The summed E-state index contributed by atoms with van der Waals surface area (Å²) in [5, 5.41) is 9.48. The second-order valence-electron chi connectivity index (χ2n) is 4.79. The first kappa shape index (κ1) is 12.9. The molecule has 0 aromatic rings. The van der Waals surface area contributed by atoms with Crippen LogP contribution in [0.2, 0.25) is 0 Å². The average molecular weight is 215 g/mol. The van der Waals surface area contributed by atoms with Crippen LogP contribution in [0.15, 0.2) is 0 Å². The van der Waals surface area contributed by atoms with Crippen LogP contribution in [0, 0.1) is 0 Å². The molecule has 1 fully saturated rings. The molecule has 0 unspecified atom stereocenters. The highest BCUT2D eigenvalue weighted by molar-refractivity contribution is 4.81. The first-order valence-electron chi connectivity index (χ1n) is 6.08. The zero-order valence-electron chi connectivity index (χ0n) is 10.3. The van der Waals surface area contributed by atoms with Crippen LogP contribution in [-0.2, 0) is 4.74 Å². The van der Waals surface area contributed by atoms with E-state index < -0.39 is 0 Å². The summed E-state index contributed by atoms with van der Waals surface area (Å²) in [5.41, 5.74) is 0. The summed E-state index contributed by atoms with van der Waals surface area (Å²) in [6.45, 7) is 6.29. The number of methoxy groups -OCH3 is 1. The number of hydrogen-bond acceptors (Lipinski definition) is 3. The molecule has 1 aliphatic carbocycles. The summed E-state index contributed by atoms with van der Waals surface area (Å²) in [6, 6.07) is 1.21. The third kappa shape index (κ3) is 4.09. The van der Waals surface area contributed by atoms with Gasteiger partial charge in [0.1, 0.15) is 0 Å². The molecule has 0 atom stereocenters. The summed E-state index contributed by atoms with van der Waals surface area (Å²) in [7, 11) is 1.75. The zero-order chi connectivity index (χ0) is 11.3. The average Bonchev–Trinajstić information content (AvgIpc) is 2.21. The predicted octanol–water partition coefficient (Wildman–Crippen LogP) is 1.65. The van der Waals surface area contributed by atoms with Gasteiger partial charge in [0.15, 0.2) is 0 Å². The van der Waals surface area contributed by atoms with Gasteiger partial charge in [0.25, 0.3) is 0 Å². The van der Waals surface area contributed by atoms with Gasteiger partial charge in [-0.1, -0.05) is 0 Å². The van der Waals surface area contributed by atoms with Gasteiger partial charge in [0.05, 0.1) is 12.7 Å². The molecule has 0 radical (unpaired) electrons. The standard InChI is InChI=1S/C12H25NO2/c1-10(2)13(8-9-15-3)11-4-6-12(14)7-5-11/h10-12,14H,4-9H2,1-3H3. The molecule has 0 aromatic carbocycles. The van der Waals surface area contributed by atoms with E-state index in [1.165, 1.54) is 0 Å². The molecule has 15 heavy (non-hydrogen) atoms. The molecule has 0 spiro atoms. The first-order valence-corrected chi connectivity index (χ1v) is 6.08. The zero-order valence-corrected chi connectivity index (χ0v) is 10.3. The van der Waals surface area contributed by atoms with Gasteiger partial charge in [0.2, 0.25) is 0 Å². The maximum Gasteiger partial charge on any atom is 0.0589 e. The number of nitrogens with zero attached hydrogens (tertiary/aromatic N) is 1. The van der Waals surface area contributed by atoms with E-state index in [1.54, 1.807) is 7.11 Å². The van der Waals surface area contributed by atoms with Crippen LogP contribution in [-0.4, -0.2) is 48.5 Å². The van der Waals surface area contributed by atoms with Crippen molar-refractivity contribution in [2.75, 3.05) is 20.3 Å². The highest BCUT2D eigenvalue weighted by Gasteiger charge is 2.25. The Bertz CT molecular complexity index is 165. The fourth-order valence-electron chi connectivity index (χ4n) is 2.45. The monoisotopic (exact) mass is 215 g/mol. The number of hydrogen-bond donors (Lipinski definition) is 1. The van der Waals surface area contributed by atoms with E-state index in [0.717, 1.165) is 38.8 Å². The SMILES string of the molecule is COCCN(C(C)C)C1CCC(O)CC1. The lowest BCUT2D eigenvalue weighted by Gasteiger charge is -2.38. The van der Waals surface area contributed by atoms with Crippen molar-refractivity contribution in [3.63, 3.8) is 0 Å². The van der Waals surface area contributed by atoms with Crippen LogP contribution < -0.4 is 0 Å². The second kappa shape index (κ2) is 6.46. The van der Waals surface area contributed by atoms with Crippen molar-refractivity contribution in [1.82, 2.24) is 4.90 Å². The molecule has 0 amide bonds. The minimum absolute atomic E-state index is 0.0577. The predicted molar refractivity (Wildman–Crippen MR) is 62.0 cm³/mol. The van der Waals surface area contributed by atoms with Crippen molar-refractivity contribution in [3.8, 4) is 0 Å². The molecule has 1 N–H and O–H groups in total. The molecule has 1 saturated carbocycles. The second-order valence-corrected chi connectivity index (χ2v) is 4.79. The Kier molecular flexibility index (Phi) is 5.58. The molecular weight excluding hydrogens is 190 g/mol. The van der Waals surface area contributed by atoms with E-state index in [2.05, 4.69) is 18.7 Å². The Morgan fingerprint density at radius 1 is 1.27 bits per heavy atom. The van der Waals surface area contributed by atoms with Gasteiger partial charge >= 0.3 is 0 Å². The van der Waals surface area contributed by atoms with Crippen molar-refractivity contribution in [2.45, 2.75) is 57.7 Å². The minimum Gasteiger partial charge on any atom is -0.393 e. The largest absolute Gasteiger partial charge is 0.393 e. The molecule has 3 nitrogen and oxygen atoms in total. The van der Waals surface area contributed by atoms with Gasteiger partial charge in [-0.3, -0.25) is 4.90 Å². The summed E-state index contributed by atoms with van der Waals surface area (Å²) >= 11 is 0. The Balaban J connectivity index is 2.41. The fourth-order valence-corrected chi connectivity index (χ4v) is 2.45. The van der Waals surface area contributed by atoms with Crippen LogP contribution in [0.4, 0.5) is 0 Å². The van der Waals surface area contributed by atoms with E-state index in [0.29, 0.717) is 12.1 Å². The highest BCUT2D eigenvalue weighted by Crippen LogP contribution is 2.24. The quantitative estimate of drug-likeness (QED) is 0.757. The Hall–Kier alpha value is -0.120. The molecule has 0 saturated heterocycles. The summed E-state index contributed by atoms with van der Waals surface area (Å²) in [6.07, 6.45) is 4.12. The van der Waals surface area contributed by atoms with E-state index in [-0.39, 0.29) is 6.10 Å². The third-order valence-electron chi connectivity index (χ3n) is 3.35. The summed E-state index contributed by atoms with van der Waals surface area (Å²) < 4.78 is 5.14. The number of rotatable bonds is 5. The first-order chi connectivity index (χ1) is 7.15. The number of aliphatic hydroxyl groups is 1. The number of ether oxygens (including phenoxy) is 1. The van der Waals surface area contributed by atoms with Crippen molar-refractivity contribution in [1.29, 1.82) is 0 Å². The van der Waals surface area contributed by atoms with Crippen molar-refractivity contribution in [2.24, 2.45) is 0 Å². The maximum atomic E-state index is 9.48. The fraction of sp³-hybridized carbons (Fsp3) is 1.00. The highest BCUT2D eigenvalue weighted by atomic mass is 16.5. The van der Waals surface area contributed by atoms with Gasteiger partial charge in [-0.25, -0.2) is 0 Å². The Labute approximate surface area is 93.4 Å². The van der Waals surface area contributed by atoms with Crippen molar-refractivity contribution in [3.05, 3.63) is 0 Å². The molecule has 90 valence electrons. The van der Waals surface area contributed by atoms with Gasteiger partial charge in [-0.05, 0) is 39.5 Å². The molecule has 0 heterocycles. The lowest BCUT2D eigenvalue weighted by Crippen LogP contribution is -2.44. The Morgan fingerprint density at radius 3 is 2.33 bits per heavy atom. The smallest absolute Gasteiger partial charge is 0.0589 e. The van der Waals surface area contributed by atoms with E-state index in [4.69, 9.17) is 4.74 Å². The van der Waals surface area contributed by atoms with E-state index in [1.807, 2.05) is 0 Å². The molecule has 0 aromatic heterocycles. The number of aliphatic hydroxyl groups excluding tert-OH is 1. The van der Waals surface area contributed by atoms with Gasteiger partial charge in [0, 0.05) is 25.7 Å². The molecule has 1 rings (SSSR count).